The molecule has 1 fully saturated rings. The molecule has 96 valence electrons. The van der Waals surface area contributed by atoms with Crippen LogP contribution in [0.3, 0.4) is 0 Å². The van der Waals surface area contributed by atoms with E-state index in [9.17, 15) is 4.79 Å². The van der Waals surface area contributed by atoms with Gasteiger partial charge in [-0.2, -0.15) is 5.26 Å². The van der Waals surface area contributed by atoms with E-state index in [2.05, 4.69) is 11.4 Å². The molecule has 2 atom stereocenters. The van der Waals surface area contributed by atoms with Crippen molar-refractivity contribution in [3.8, 4) is 6.07 Å². The first-order valence-electron chi connectivity index (χ1n) is 6.39. The van der Waals surface area contributed by atoms with Crippen LogP contribution in [0.5, 0.6) is 0 Å². The lowest BCUT2D eigenvalue weighted by Crippen LogP contribution is -2.42. The Bertz CT molecular complexity index is 306. The van der Waals surface area contributed by atoms with Gasteiger partial charge in [0.2, 0.25) is 5.91 Å². The Morgan fingerprint density at radius 2 is 2.12 bits per heavy atom. The van der Waals surface area contributed by atoms with Crippen molar-refractivity contribution in [3.05, 3.63) is 0 Å². The van der Waals surface area contributed by atoms with Gasteiger partial charge in [0, 0.05) is 12.5 Å². The summed E-state index contributed by atoms with van der Waals surface area (Å²) in [5.74, 6) is 0.431. The highest BCUT2D eigenvalue weighted by Gasteiger charge is 2.30. The molecule has 0 aromatic heterocycles. The monoisotopic (exact) mass is 237 g/mol. The van der Waals surface area contributed by atoms with Gasteiger partial charge in [0.1, 0.15) is 0 Å². The van der Waals surface area contributed by atoms with Crippen molar-refractivity contribution < 1.29 is 4.79 Å². The Labute approximate surface area is 104 Å². The molecule has 1 aliphatic rings. The van der Waals surface area contributed by atoms with Crippen molar-refractivity contribution in [1.29, 1.82) is 5.26 Å². The third-order valence-electron chi connectivity index (χ3n) is 3.56. The third kappa shape index (κ3) is 4.01. The first-order chi connectivity index (χ1) is 8.00. The number of rotatable bonds is 4. The molecule has 2 unspecified atom stereocenters. The highest BCUT2D eigenvalue weighted by molar-refractivity contribution is 5.79. The lowest BCUT2D eigenvalue weighted by atomic mass is 9.78. The van der Waals surface area contributed by atoms with E-state index in [-0.39, 0.29) is 11.8 Å². The van der Waals surface area contributed by atoms with E-state index in [0.29, 0.717) is 19.0 Å². The molecule has 1 rings (SSSR count). The first-order valence-corrected chi connectivity index (χ1v) is 6.39. The number of nitrogens with one attached hydrogen (secondary N) is 1. The Morgan fingerprint density at radius 1 is 1.47 bits per heavy atom. The molecule has 0 heterocycles. The van der Waals surface area contributed by atoms with Crippen LogP contribution in [0, 0.1) is 28.6 Å². The van der Waals surface area contributed by atoms with Gasteiger partial charge in [0.05, 0.1) is 11.5 Å². The van der Waals surface area contributed by atoms with Crippen LogP contribution in [-0.4, -0.2) is 19.0 Å². The summed E-state index contributed by atoms with van der Waals surface area (Å²) < 4.78 is 0. The van der Waals surface area contributed by atoms with Gasteiger partial charge in [-0.05, 0) is 39.2 Å². The van der Waals surface area contributed by atoms with Crippen LogP contribution >= 0.6 is 0 Å². The van der Waals surface area contributed by atoms with E-state index in [1.165, 1.54) is 6.42 Å². The van der Waals surface area contributed by atoms with Gasteiger partial charge in [-0.3, -0.25) is 4.79 Å². The molecule has 4 heteroatoms. The van der Waals surface area contributed by atoms with E-state index in [1.54, 1.807) is 0 Å². The molecule has 0 radical (unpaired) electrons. The van der Waals surface area contributed by atoms with Gasteiger partial charge in [-0.15, -0.1) is 0 Å². The minimum atomic E-state index is -0.497. The van der Waals surface area contributed by atoms with Crippen molar-refractivity contribution in [2.45, 2.75) is 39.5 Å². The third-order valence-corrected chi connectivity index (χ3v) is 3.56. The Morgan fingerprint density at radius 3 is 2.71 bits per heavy atom. The average molecular weight is 237 g/mol. The summed E-state index contributed by atoms with van der Waals surface area (Å²) in [7, 11) is 0. The van der Waals surface area contributed by atoms with E-state index in [1.807, 2.05) is 13.8 Å². The van der Waals surface area contributed by atoms with Crippen LogP contribution < -0.4 is 11.1 Å². The largest absolute Gasteiger partial charge is 0.354 e. The van der Waals surface area contributed by atoms with Crippen LogP contribution in [0.25, 0.3) is 0 Å². The van der Waals surface area contributed by atoms with E-state index < -0.39 is 5.41 Å². The number of amides is 1. The standard InChI is InChI=1S/C13H23N3O/c1-13(2,8-15)9-16-12(17)11-6-4-3-5-10(11)7-14/h10-11H,3-7,9,14H2,1-2H3,(H,16,17). The summed E-state index contributed by atoms with van der Waals surface area (Å²) in [5, 5.41) is 11.8. The number of carbonyl (C=O) groups excluding carboxylic acids is 1. The molecule has 0 saturated heterocycles. The summed E-state index contributed by atoms with van der Waals surface area (Å²) in [6.07, 6.45) is 4.27. The summed E-state index contributed by atoms with van der Waals surface area (Å²) in [6.45, 7) is 4.65. The number of nitriles is 1. The Kier molecular flexibility index (Phi) is 4.95. The van der Waals surface area contributed by atoms with Crippen LogP contribution in [-0.2, 0) is 4.79 Å². The molecule has 1 saturated carbocycles. The molecular weight excluding hydrogens is 214 g/mol. The van der Waals surface area contributed by atoms with Crippen molar-refractivity contribution >= 4 is 5.91 Å². The second-order valence-corrected chi connectivity index (χ2v) is 5.60. The first kappa shape index (κ1) is 14.0. The zero-order valence-corrected chi connectivity index (χ0v) is 10.8. The van der Waals surface area contributed by atoms with Gasteiger partial charge in [-0.1, -0.05) is 12.8 Å². The van der Waals surface area contributed by atoms with Gasteiger partial charge in [0.15, 0.2) is 0 Å². The molecule has 17 heavy (non-hydrogen) atoms. The Balaban J connectivity index is 2.49. The predicted molar refractivity (Wildman–Crippen MR) is 66.9 cm³/mol. The lowest BCUT2D eigenvalue weighted by Gasteiger charge is -2.30. The fraction of sp³-hybridized carbons (Fsp3) is 0.846. The molecule has 0 bridgehead atoms. The molecule has 3 N–H and O–H groups in total. The van der Waals surface area contributed by atoms with Gasteiger partial charge in [0.25, 0.3) is 0 Å². The predicted octanol–water partition coefficient (Wildman–Crippen LogP) is 1.42. The summed E-state index contributed by atoms with van der Waals surface area (Å²) in [4.78, 5) is 12.1. The van der Waals surface area contributed by atoms with Crippen molar-refractivity contribution in [1.82, 2.24) is 5.32 Å². The second-order valence-electron chi connectivity index (χ2n) is 5.60. The van der Waals surface area contributed by atoms with E-state index in [0.717, 1.165) is 19.3 Å². The van der Waals surface area contributed by atoms with Crippen molar-refractivity contribution in [2.75, 3.05) is 13.1 Å². The van der Waals surface area contributed by atoms with Crippen LogP contribution in [0.1, 0.15) is 39.5 Å². The summed E-state index contributed by atoms with van der Waals surface area (Å²) in [5.41, 5.74) is 5.21. The minimum absolute atomic E-state index is 0.0447. The SMILES string of the molecule is CC(C)(C#N)CNC(=O)C1CCCCC1CN. The fourth-order valence-electron chi connectivity index (χ4n) is 2.31. The smallest absolute Gasteiger partial charge is 0.223 e. The molecule has 0 aromatic rings. The maximum absolute atomic E-state index is 12.1. The summed E-state index contributed by atoms with van der Waals surface area (Å²) >= 11 is 0. The van der Waals surface area contributed by atoms with Crippen LogP contribution in [0.2, 0.25) is 0 Å². The van der Waals surface area contributed by atoms with Crippen molar-refractivity contribution in [3.63, 3.8) is 0 Å². The molecule has 1 aliphatic carbocycles. The number of carbonyl (C=O) groups is 1. The molecule has 0 spiro atoms. The van der Waals surface area contributed by atoms with Crippen LogP contribution in [0.15, 0.2) is 0 Å². The van der Waals surface area contributed by atoms with Crippen LogP contribution in [0.4, 0.5) is 0 Å². The number of nitrogens with two attached hydrogens (primary N) is 1. The normalized spacial score (nSPS) is 25.1. The molecular formula is C13H23N3O. The number of hydrogen-bond acceptors (Lipinski definition) is 3. The topological polar surface area (TPSA) is 78.9 Å². The average Bonchev–Trinajstić information content (AvgIpc) is 2.36. The molecule has 4 nitrogen and oxygen atoms in total. The van der Waals surface area contributed by atoms with Gasteiger partial charge in [-0.25, -0.2) is 0 Å². The highest BCUT2D eigenvalue weighted by Crippen LogP contribution is 2.29. The van der Waals surface area contributed by atoms with Gasteiger partial charge < -0.3 is 11.1 Å². The molecule has 0 aliphatic heterocycles. The minimum Gasteiger partial charge on any atom is -0.354 e. The Hall–Kier alpha value is -1.08. The van der Waals surface area contributed by atoms with Gasteiger partial charge >= 0.3 is 0 Å². The zero-order valence-electron chi connectivity index (χ0n) is 10.8. The summed E-state index contributed by atoms with van der Waals surface area (Å²) in [6, 6.07) is 2.19. The zero-order chi connectivity index (χ0) is 12.9. The quantitative estimate of drug-likeness (QED) is 0.776. The second kappa shape index (κ2) is 6.02. The van der Waals surface area contributed by atoms with E-state index in [4.69, 9.17) is 11.0 Å². The highest BCUT2D eigenvalue weighted by atomic mass is 16.1. The fourth-order valence-corrected chi connectivity index (χ4v) is 2.31. The molecule has 0 aromatic carbocycles. The lowest BCUT2D eigenvalue weighted by molar-refractivity contribution is -0.127. The van der Waals surface area contributed by atoms with Crippen molar-refractivity contribution in [2.24, 2.45) is 23.0 Å². The number of nitrogens with zero attached hydrogens (tertiary/aromatic N) is 1. The number of hydrogen-bond donors (Lipinski definition) is 2. The maximum Gasteiger partial charge on any atom is 0.223 e. The maximum atomic E-state index is 12.1. The molecule has 1 amide bonds. The van der Waals surface area contributed by atoms with E-state index >= 15 is 0 Å².